The lowest BCUT2D eigenvalue weighted by molar-refractivity contribution is 0.0254. The van der Waals surface area contributed by atoms with Crippen molar-refractivity contribution in [3.05, 3.63) is 41.8 Å². The van der Waals surface area contributed by atoms with E-state index in [9.17, 15) is 19.1 Å². The molecule has 0 aliphatic carbocycles. The van der Waals surface area contributed by atoms with E-state index in [2.05, 4.69) is 4.98 Å². The van der Waals surface area contributed by atoms with Crippen molar-refractivity contribution in [2.24, 2.45) is 0 Å². The minimum atomic E-state index is -1.54. The van der Waals surface area contributed by atoms with Crippen molar-refractivity contribution < 1.29 is 23.8 Å². The number of carboxylic acid groups (broad SMARTS) is 1. The number of nitrogens with two attached hydrogens (primary N) is 2. The molecular weight excluding hydrogens is 355 g/mol. The number of carbonyl (C=O) groups excluding carboxylic acids is 1. The number of benzene rings is 1. The highest BCUT2D eigenvalue weighted by Gasteiger charge is 2.28. The zero-order valence-electron chi connectivity index (χ0n) is 15.2. The standard InChI is InChI=1S/C18H21FN4O4/c1-18(2,3)27-17(26)23(16(24)25)9-11-5-4-10(8-13(11)19)12-6-7-22-15(21)14(12)20/h4-8H,9,20H2,1-3H3,(H2,21,22)(H,24,25). The summed E-state index contributed by atoms with van der Waals surface area (Å²) in [7, 11) is 0. The number of hydrogen-bond acceptors (Lipinski definition) is 6. The van der Waals surface area contributed by atoms with Crippen molar-refractivity contribution in [2.75, 3.05) is 11.5 Å². The van der Waals surface area contributed by atoms with Crippen LogP contribution in [0.25, 0.3) is 11.1 Å². The summed E-state index contributed by atoms with van der Waals surface area (Å²) in [4.78, 5) is 27.7. The lowest BCUT2D eigenvalue weighted by Crippen LogP contribution is -2.39. The molecule has 0 saturated carbocycles. The van der Waals surface area contributed by atoms with Crippen LogP contribution in [0.2, 0.25) is 0 Å². The summed E-state index contributed by atoms with van der Waals surface area (Å²) in [5, 5.41) is 9.26. The summed E-state index contributed by atoms with van der Waals surface area (Å²) in [6.45, 7) is 4.31. The third-order valence-electron chi connectivity index (χ3n) is 3.56. The predicted molar refractivity (Wildman–Crippen MR) is 98.3 cm³/mol. The van der Waals surface area contributed by atoms with Crippen LogP contribution in [0, 0.1) is 5.82 Å². The molecule has 0 aliphatic heterocycles. The number of aromatic nitrogens is 1. The molecule has 1 heterocycles. The van der Waals surface area contributed by atoms with Crippen molar-refractivity contribution in [1.29, 1.82) is 0 Å². The molecule has 2 aromatic rings. The molecule has 0 saturated heterocycles. The highest BCUT2D eigenvalue weighted by molar-refractivity contribution is 5.87. The summed E-state index contributed by atoms with van der Waals surface area (Å²) >= 11 is 0. The Bertz CT molecular complexity index is 880. The van der Waals surface area contributed by atoms with Gasteiger partial charge in [-0.1, -0.05) is 12.1 Å². The van der Waals surface area contributed by atoms with Crippen LogP contribution >= 0.6 is 0 Å². The maximum atomic E-state index is 14.5. The summed E-state index contributed by atoms with van der Waals surface area (Å²) in [5.74, 6) is -0.573. The molecule has 0 aliphatic rings. The van der Waals surface area contributed by atoms with Crippen LogP contribution in [-0.2, 0) is 11.3 Å². The number of anilines is 2. The number of imide groups is 1. The van der Waals surface area contributed by atoms with E-state index in [0.29, 0.717) is 16.0 Å². The SMILES string of the molecule is CC(C)(C)OC(=O)N(Cc1ccc(-c2ccnc(N)c2N)cc1F)C(=O)O. The van der Waals surface area contributed by atoms with Gasteiger partial charge in [-0.3, -0.25) is 0 Å². The van der Waals surface area contributed by atoms with Gasteiger partial charge in [-0.25, -0.2) is 23.9 Å². The molecule has 0 bridgehead atoms. The quantitative estimate of drug-likeness (QED) is 0.747. The summed E-state index contributed by atoms with van der Waals surface area (Å²) < 4.78 is 19.6. The number of nitrogens with zero attached hydrogens (tertiary/aromatic N) is 2. The van der Waals surface area contributed by atoms with Gasteiger partial charge in [-0.15, -0.1) is 0 Å². The highest BCUT2D eigenvalue weighted by Crippen LogP contribution is 2.30. The van der Waals surface area contributed by atoms with Crippen LogP contribution in [0.5, 0.6) is 0 Å². The van der Waals surface area contributed by atoms with Gasteiger partial charge in [0.15, 0.2) is 0 Å². The Kier molecular flexibility index (Phi) is 5.53. The van der Waals surface area contributed by atoms with Gasteiger partial charge < -0.3 is 21.3 Å². The van der Waals surface area contributed by atoms with Crippen LogP contribution < -0.4 is 11.5 Å². The monoisotopic (exact) mass is 376 g/mol. The van der Waals surface area contributed by atoms with Crippen molar-refractivity contribution in [3.8, 4) is 11.1 Å². The van der Waals surface area contributed by atoms with Gasteiger partial charge in [0.05, 0.1) is 12.2 Å². The Morgan fingerprint density at radius 1 is 1.26 bits per heavy atom. The molecule has 0 radical (unpaired) electrons. The van der Waals surface area contributed by atoms with E-state index in [1.165, 1.54) is 18.3 Å². The average Bonchev–Trinajstić information content (AvgIpc) is 2.54. The number of rotatable bonds is 3. The zero-order valence-corrected chi connectivity index (χ0v) is 15.2. The molecule has 0 unspecified atom stereocenters. The van der Waals surface area contributed by atoms with Crippen molar-refractivity contribution in [3.63, 3.8) is 0 Å². The van der Waals surface area contributed by atoms with Crippen LogP contribution in [0.4, 0.5) is 25.5 Å². The number of hydrogen-bond donors (Lipinski definition) is 3. The number of carbonyl (C=O) groups is 2. The highest BCUT2D eigenvalue weighted by atomic mass is 19.1. The van der Waals surface area contributed by atoms with Gasteiger partial charge in [0.25, 0.3) is 0 Å². The smallest absolute Gasteiger partial charge is 0.420 e. The van der Waals surface area contributed by atoms with Crippen LogP contribution in [-0.4, -0.2) is 32.8 Å². The number of halogens is 1. The molecule has 0 fully saturated rings. The van der Waals surface area contributed by atoms with E-state index >= 15 is 0 Å². The fraction of sp³-hybridized carbons (Fsp3) is 0.278. The fourth-order valence-corrected chi connectivity index (χ4v) is 2.28. The first-order valence-electron chi connectivity index (χ1n) is 8.02. The van der Waals surface area contributed by atoms with Gasteiger partial charge in [0.2, 0.25) is 0 Å². The van der Waals surface area contributed by atoms with Crippen molar-refractivity contribution in [1.82, 2.24) is 9.88 Å². The molecule has 27 heavy (non-hydrogen) atoms. The van der Waals surface area contributed by atoms with Gasteiger partial charge in [-0.2, -0.15) is 0 Å². The van der Waals surface area contributed by atoms with Crippen LogP contribution in [0.3, 0.4) is 0 Å². The van der Waals surface area contributed by atoms with Crippen molar-refractivity contribution >= 4 is 23.7 Å². The summed E-state index contributed by atoms with van der Waals surface area (Å²) in [6, 6.07) is 5.71. The number of nitrogen functional groups attached to an aromatic ring is 2. The molecule has 2 rings (SSSR count). The maximum absolute atomic E-state index is 14.5. The largest absolute Gasteiger partial charge is 0.465 e. The van der Waals surface area contributed by atoms with Crippen LogP contribution in [0.15, 0.2) is 30.5 Å². The van der Waals surface area contributed by atoms with Gasteiger partial charge >= 0.3 is 12.2 Å². The average molecular weight is 376 g/mol. The third-order valence-corrected chi connectivity index (χ3v) is 3.56. The minimum Gasteiger partial charge on any atom is -0.465 e. The van der Waals surface area contributed by atoms with E-state index in [1.54, 1.807) is 32.9 Å². The molecule has 1 aromatic heterocycles. The number of pyridine rings is 1. The Morgan fingerprint density at radius 3 is 2.48 bits per heavy atom. The maximum Gasteiger partial charge on any atom is 0.420 e. The molecule has 9 heteroatoms. The Labute approximate surface area is 155 Å². The first kappa shape index (κ1) is 20.0. The lowest BCUT2D eigenvalue weighted by atomic mass is 10.0. The minimum absolute atomic E-state index is 0.00705. The summed E-state index contributed by atoms with van der Waals surface area (Å²) in [5.41, 5.74) is 11.8. The Hall–Kier alpha value is -3.36. The number of amides is 2. The van der Waals surface area contributed by atoms with E-state index < -0.39 is 30.1 Å². The lowest BCUT2D eigenvalue weighted by Gasteiger charge is -2.24. The van der Waals surface area contributed by atoms with E-state index in [4.69, 9.17) is 16.2 Å². The number of ether oxygens (including phenoxy) is 1. The molecule has 144 valence electrons. The third kappa shape index (κ3) is 4.84. The van der Waals surface area contributed by atoms with Gasteiger partial charge in [0.1, 0.15) is 17.2 Å². The molecule has 5 N–H and O–H groups in total. The second kappa shape index (κ2) is 7.48. The van der Waals surface area contributed by atoms with Gasteiger partial charge in [-0.05, 0) is 38.5 Å². The van der Waals surface area contributed by atoms with E-state index in [-0.39, 0.29) is 17.1 Å². The van der Waals surface area contributed by atoms with Crippen LogP contribution in [0.1, 0.15) is 26.3 Å². The normalized spacial score (nSPS) is 11.1. The molecule has 2 amide bonds. The van der Waals surface area contributed by atoms with Crippen molar-refractivity contribution in [2.45, 2.75) is 32.9 Å². The molecule has 8 nitrogen and oxygen atoms in total. The second-order valence-corrected chi connectivity index (χ2v) is 6.81. The second-order valence-electron chi connectivity index (χ2n) is 6.81. The topological polar surface area (TPSA) is 132 Å². The Morgan fingerprint density at radius 2 is 1.93 bits per heavy atom. The van der Waals surface area contributed by atoms with E-state index in [0.717, 1.165) is 0 Å². The first-order chi connectivity index (χ1) is 12.5. The molecular formula is C18H21FN4O4. The first-order valence-corrected chi connectivity index (χ1v) is 8.02. The van der Waals surface area contributed by atoms with E-state index in [1.807, 2.05) is 0 Å². The fourth-order valence-electron chi connectivity index (χ4n) is 2.28. The Balaban J connectivity index is 2.30. The molecule has 0 spiro atoms. The molecule has 0 atom stereocenters. The molecule has 1 aromatic carbocycles. The predicted octanol–water partition coefficient (Wildman–Crippen LogP) is 3.47. The zero-order chi connectivity index (χ0) is 20.4. The van der Waals surface area contributed by atoms with Gasteiger partial charge in [0, 0.05) is 17.3 Å². The summed E-state index contributed by atoms with van der Waals surface area (Å²) in [6.07, 6.45) is -1.18.